The zero-order valence-electron chi connectivity index (χ0n) is 10.2. The van der Waals surface area contributed by atoms with E-state index in [2.05, 4.69) is 11.9 Å². The highest BCUT2D eigenvalue weighted by atomic mass is 16.5. The molecule has 0 aliphatic heterocycles. The molecule has 88 valence electrons. The predicted molar refractivity (Wildman–Crippen MR) is 68.3 cm³/mol. The fourth-order valence-electron chi connectivity index (χ4n) is 1.11. The molecule has 0 aromatic heterocycles. The zero-order valence-corrected chi connectivity index (χ0v) is 10.2. The number of benzene rings is 1. The van der Waals surface area contributed by atoms with Crippen LogP contribution in [-0.2, 0) is 0 Å². The highest BCUT2D eigenvalue weighted by molar-refractivity contribution is 5.84. The van der Waals surface area contributed by atoms with E-state index in [1.807, 2.05) is 38.1 Å². The summed E-state index contributed by atoms with van der Waals surface area (Å²) in [6, 6.07) is 7.67. The average Bonchev–Trinajstić information content (AvgIpc) is 2.28. The van der Waals surface area contributed by atoms with E-state index in [9.17, 15) is 0 Å². The second kappa shape index (κ2) is 6.16. The van der Waals surface area contributed by atoms with Crippen molar-refractivity contribution in [3.8, 4) is 5.75 Å². The molecule has 3 nitrogen and oxygen atoms in total. The van der Waals surface area contributed by atoms with E-state index in [4.69, 9.17) is 10.5 Å². The summed E-state index contributed by atoms with van der Waals surface area (Å²) in [4.78, 5) is 4.32. The van der Waals surface area contributed by atoms with Crippen molar-refractivity contribution in [3.63, 3.8) is 0 Å². The van der Waals surface area contributed by atoms with Gasteiger partial charge in [-0.25, -0.2) is 4.99 Å². The number of amidine groups is 1. The number of rotatable bonds is 5. The predicted octanol–water partition coefficient (Wildman–Crippen LogP) is 3.12. The van der Waals surface area contributed by atoms with Crippen LogP contribution in [0.2, 0.25) is 0 Å². The van der Waals surface area contributed by atoms with Crippen LogP contribution in [0.3, 0.4) is 0 Å². The molecule has 0 aliphatic carbocycles. The number of nitrogens with two attached hydrogens (primary N) is 1. The van der Waals surface area contributed by atoms with Crippen molar-refractivity contribution in [2.75, 3.05) is 6.61 Å². The molecule has 0 saturated heterocycles. The minimum atomic E-state index is 0.274. The molecule has 1 aromatic rings. The van der Waals surface area contributed by atoms with Crippen molar-refractivity contribution in [2.45, 2.75) is 27.2 Å². The normalized spacial score (nSPS) is 11.9. The van der Waals surface area contributed by atoms with E-state index in [1.165, 1.54) is 0 Å². The summed E-state index contributed by atoms with van der Waals surface area (Å²) in [5.74, 6) is 1.81. The van der Waals surface area contributed by atoms with Gasteiger partial charge in [0.25, 0.3) is 0 Å². The number of hydrogen-bond acceptors (Lipinski definition) is 2. The number of aliphatic imine (C=N–C) groups is 1. The van der Waals surface area contributed by atoms with Gasteiger partial charge in [0.15, 0.2) is 0 Å². The van der Waals surface area contributed by atoms with Gasteiger partial charge >= 0.3 is 0 Å². The van der Waals surface area contributed by atoms with Crippen LogP contribution in [0.25, 0.3) is 0 Å². The molecule has 0 amide bonds. The van der Waals surface area contributed by atoms with Crippen molar-refractivity contribution in [1.29, 1.82) is 0 Å². The van der Waals surface area contributed by atoms with Crippen molar-refractivity contribution in [2.24, 2.45) is 16.6 Å². The maximum Gasteiger partial charge on any atom is 0.119 e. The van der Waals surface area contributed by atoms with Gasteiger partial charge in [-0.3, -0.25) is 0 Å². The first kappa shape index (κ1) is 12.6. The van der Waals surface area contributed by atoms with Crippen molar-refractivity contribution in [1.82, 2.24) is 0 Å². The first-order valence-electron chi connectivity index (χ1n) is 5.70. The molecule has 16 heavy (non-hydrogen) atoms. The van der Waals surface area contributed by atoms with Gasteiger partial charge in [0.05, 0.1) is 12.3 Å². The fourth-order valence-corrected chi connectivity index (χ4v) is 1.11. The van der Waals surface area contributed by atoms with Crippen LogP contribution >= 0.6 is 0 Å². The Morgan fingerprint density at radius 2 is 1.94 bits per heavy atom. The lowest BCUT2D eigenvalue weighted by molar-refractivity contribution is 0.317. The van der Waals surface area contributed by atoms with E-state index in [0.29, 0.717) is 5.84 Å². The van der Waals surface area contributed by atoms with E-state index >= 15 is 0 Å². The highest BCUT2D eigenvalue weighted by Crippen LogP contribution is 2.18. The van der Waals surface area contributed by atoms with Gasteiger partial charge in [-0.1, -0.05) is 20.8 Å². The topological polar surface area (TPSA) is 47.6 Å². The van der Waals surface area contributed by atoms with Crippen molar-refractivity contribution in [3.05, 3.63) is 24.3 Å². The Hall–Kier alpha value is -1.51. The highest BCUT2D eigenvalue weighted by Gasteiger charge is 1.99. The average molecular weight is 220 g/mol. The minimum absolute atomic E-state index is 0.274. The van der Waals surface area contributed by atoms with Crippen LogP contribution in [0.5, 0.6) is 5.75 Å². The molecule has 0 unspecified atom stereocenters. The molecule has 2 N–H and O–H groups in total. The summed E-state index contributed by atoms with van der Waals surface area (Å²) in [6.07, 6.45) is 1.01. The van der Waals surface area contributed by atoms with E-state index in [0.717, 1.165) is 24.5 Å². The number of hydrogen-bond donors (Lipinski definition) is 1. The lowest BCUT2D eigenvalue weighted by atomic mass is 10.2. The van der Waals surface area contributed by atoms with Crippen LogP contribution < -0.4 is 10.5 Å². The molecule has 0 atom stereocenters. The fraction of sp³-hybridized carbons (Fsp3) is 0.462. The third-order valence-corrected chi connectivity index (χ3v) is 2.16. The molecule has 0 radical (unpaired) electrons. The minimum Gasteiger partial charge on any atom is -0.494 e. The molecule has 1 rings (SSSR count). The smallest absolute Gasteiger partial charge is 0.119 e. The lowest BCUT2D eigenvalue weighted by Gasteiger charge is -2.06. The first-order valence-corrected chi connectivity index (χ1v) is 5.70. The van der Waals surface area contributed by atoms with Crippen molar-refractivity contribution >= 4 is 11.5 Å². The molecule has 1 aromatic carbocycles. The van der Waals surface area contributed by atoms with Crippen LogP contribution in [0.15, 0.2) is 29.3 Å². The van der Waals surface area contributed by atoms with Crippen LogP contribution in [-0.4, -0.2) is 12.4 Å². The number of ether oxygens (including phenoxy) is 1. The van der Waals surface area contributed by atoms with E-state index in [1.54, 1.807) is 0 Å². The maximum absolute atomic E-state index is 5.79. The SMILES string of the molecule is CCCOc1ccc(N=C(N)C(C)C)cc1. The van der Waals surface area contributed by atoms with Crippen molar-refractivity contribution < 1.29 is 4.74 Å². The van der Waals surface area contributed by atoms with Crippen LogP contribution in [0, 0.1) is 5.92 Å². The second-order valence-electron chi connectivity index (χ2n) is 4.03. The summed E-state index contributed by atoms with van der Waals surface area (Å²) in [5.41, 5.74) is 6.66. The van der Waals surface area contributed by atoms with E-state index < -0.39 is 0 Å². The van der Waals surface area contributed by atoms with E-state index in [-0.39, 0.29) is 5.92 Å². The molecule has 0 heterocycles. The standard InChI is InChI=1S/C13H20N2O/c1-4-9-16-12-7-5-11(6-8-12)15-13(14)10(2)3/h5-8,10H,4,9H2,1-3H3,(H2,14,15). The second-order valence-corrected chi connectivity index (χ2v) is 4.03. The van der Waals surface area contributed by atoms with Gasteiger partial charge in [-0.05, 0) is 30.7 Å². The monoisotopic (exact) mass is 220 g/mol. The third-order valence-electron chi connectivity index (χ3n) is 2.16. The first-order chi connectivity index (χ1) is 7.63. The molecule has 0 fully saturated rings. The molecule has 0 saturated carbocycles. The van der Waals surface area contributed by atoms with Gasteiger partial charge in [-0.15, -0.1) is 0 Å². The molecule has 0 bridgehead atoms. The molecule has 0 aliphatic rings. The quantitative estimate of drug-likeness (QED) is 0.612. The van der Waals surface area contributed by atoms with Crippen LogP contribution in [0.4, 0.5) is 5.69 Å². The molecular weight excluding hydrogens is 200 g/mol. The maximum atomic E-state index is 5.79. The summed E-state index contributed by atoms with van der Waals surface area (Å²) in [6.45, 7) is 6.88. The summed E-state index contributed by atoms with van der Waals surface area (Å²) >= 11 is 0. The Kier molecular flexibility index (Phi) is 4.83. The molecule has 3 heteroatoms. The third kappa shape index (κ3) is 3.93. The van der Waals surface area contributed by atoms with Gasteiger partial charge in [0.1, 0.15) is 11.6 Å². The molecule has 0 spiro atoms. The summed E-state index contributed by atoms with van der Waals surface area (Å²) in [5, 5.41) is 0. The Morgan fingerprint density at radius 1 is 1.31 bits per heavy atom. The van der Waals surface area contributed by atoms with Gasteiger partial charge in [0, 0.05) is 5.92 Å². The number of nitrogens with zero attached hydrogens (tertiary/aromatic N) is 1. The Morgan fingerprint density at radius 3 is 2.44 bits per heavy atom. The van der Waals surface area contributed by atoms with Crippen LogP contribution in [0.1, 0.15) is 27.2 Å². The lowest BCUT2D eigenvalue weighted by Crippen LogP contribution is -2.17. The summed E-state index contributed by atoms with van der Waals surface area (Å²) < 4.78 is 5.48. The summed E-state index contributed by atoms with van der Waals surface area (Å²) in [7, 11) is 0. The Bertz CT molecular complexity index is 341. The Labute approximate surface area is 97.3 Å². The Balaban J connectivity index is 2.68. The molecular formula is C13H20N2O. The van der Waals surface area contributed by atoms with Gasteiger partial charge in [0.2, 0.25) is 0 Å². The van der Waals surface area contributed by atoms with Gasteiger partial charge < -0.3 is 10.5 Å². The largest absolute Gasteiger partial charge is 0.494 e. The van der Waals surface area contributed by atoms with Gasteiger partial charge in [-0.2, -0.15) is 0 Å². The zero-order chi connectivity index (χ0) is 12.0.